The van der Waals surface area contributed by atoms with Crippen LogP contribution in [0.1, 0.15) is 60.0 Å². The molecule has 9 heteroatoms. The fourth-order valence-corrected chi connectivity index (χ4v) is 3.47. The van der Waals surface area contributed by atoms with Gasteiger partial charge in [-0.15, -0.1) is 0 Å². The number of carbonyl (C=O) groups is 3. The molecule has 2 aromatic rings. The lowest BCUT2D eigenvalue weighted by Gasteiger charge is -2.35. The third-order valence-electron chi connectivity index (χ3n) is 5.05. The van der Waals surface area contributed by atoms with E-state index >= 15 is 0 Å². The summed E-state index contributed by atoms with van der Waals surface area (Å²) >= 11 is 0. The van der Waals surface area contributed by atoms with E-state index in [4.69, 9.17) is 5.73 Å². The first-order valence-electron chi connectivity index (χ1n) is 9.83. The first-order valence-corrected chi connectivity index (χ1v) is 9.83. The van der Waals surface area contributed by atoms with Gasteiger partial charge < -0.3 is 16.0 Å². The highest BCUT2D eigenvalue weighted by molar-refractivity contribution is 6.04. The molecule has 1 saturated heterocycles. The minimum Gasteiger partial charge on any atom is -0.370 e. The number of hydrogen-bond donors (Lipinski definition) is 2. The number of benzene rings is 1. The van der Waals surface area contributed by atoms with Gasteiger partial charge in [0, 0.05) is 31.3 Å². The quantitative estimate of drug-likeness (QED) is 0.754. The van der Waals surface area contributed by atoms with E-state index in [1.54, 1.807) is 11.8 Å². The summed E-state index contributed by atoms with van der Waals surface area (Å²) < 4.78 is 13.0. The van der Waals surface area contributed by atoms with Crippen molar-refractivity contribution in [1.82, 2.24) is 14.9 Å². The maximum atomic E-state index is 13.0. The maximum absolute atomic E-state index is 13.0. The largest absolute Gasteiger partial charge is 0.370 e. The molecule has 0 bridgehead atoms. The van der Waals surface area contributed by atoms with Crippen molar-refractivity contribution in [2.24, 2.45) is 5.73 Å². The Bertz CT molecular complexity index is 948. The van der Waals surface area contributed by atoms with Gasteiger partial charge in [-0.1, -0.05) is 0 Å². The fraction of sp³-hybridized carbons (Fsp3) is 0.381. The molecule has 1 aromatic carbocycles. The van der Waals surface area contributed by atoms with Crippen molar-refractivity contribution in [2.45, 2.75) is 45.1 Å². The van der Waals surface area contributed by atoms with Gasteiger partial charge in [-0.3, -0.25) is 14.4 Å². The average Bonchev–Trinajstić information content (AvgIpc) is 2.73. The second-order valence-electron chi connectivity index (χ2n) is 7.25. The molecule has 3 amide bonds. The number of halogens is 1. The molecule has 3 rings (SSSR count). The molecule has 0 spiro atoms. The van der Waals surface area contributed by atoms with Crippen LogP contribution in [-0.4, -0.2) is 39.1 Å². The zero-order valence-electron chi connectivity index (χ0n) is 16.7. The zero-order valence-corrected chi connectivity index (χ0v) is 16.7. The number of primary amides is 1. The first-order chi connectivity index (χ1) is 14.3. The number of aryl methyl sites for hydroxylation is 1. The van der Waals surface area contributed by atoms with Gasteiger partial charge >= 0.3 is 0 Å². The van der Waals surface area contributed by atoms with E-state index in [9.17, 15) is 18.8 Å². The first kappa shape index (κ1) is 21.4. The molecular weight excluding hydrogens is 389 g/mol. The summed E-state index contributed by atoms with van der Waals surface area (Å²) in [6, 6.07) is 5.15. The molecule has 2 heterocycles. The number of nitrogens with zero attached hydrogens (tertiary/aromatic N) is 3. The summed E-state index contributed by atoms with van der Waals surface area (Å²) in [7, 11) is 0. The van der Waals surface area contributed by atoms with Crippen LogP contribution in [-0.2, 0) is 9.59 Å². The minimum absolute atomic E-state index is 0.00440. The SMILES string of the molecule is Cc1nc([C@@H]2CCCCN2C(=O)CCC(N)=O)ncc1C(=O)Nc1ccc(F)cc1. The number of nitrogens with one attached hydrogen (secondary N) is 1. The summed E-state index contributed by atoms with van der Waals surface area (Å²) in [5.74, 6) is -0.987. The highest BCUT2D eigenvalue weighted by atomic mass is 19.1. The van der Waals surface area contributed by atoms with Crippen LogP contribution < -0.4 is 11.1 Å². The van der Waals surface area contributed by atoms with Crippen LogP contribution in [0.3, 0.4) is 0 Å². The number of hydrogen-bond acceptors (Lipinski definition) is 5. The van der Waals surface area contributed by atoms with Gasteiger partial charge in [0.05, 0.1) is 17.3 Å². The molecule has 1 atom stereocenters. The van der Waals surface area contributed by atoms with Crippen LogP contribution in [0.25, 0.3) is 0 Å². The lowest BCUT2D eigenvalue weighted by Crippen LogP contribution is -2.39. The zero-order chi connectivity index (χ0) is 21.7. The van der Waals surface area contributed by atoms with Crippen LogP contribution in [0.4, 0.5) is 10.1 Å². The number of nitrogens with two attached hydrogens (primary N) is 1. The standard InChI is InChI=1S/C21H24FN5O3/c1-13-16(21(30)26-15-7-5-14(22)6-8-15)12-24-20(25-13)17-4-2-3-11-27(17)19(29)10-9-18(23)28/h5-8,12,17H,2-4,9-11H2,1H3,(H2,23,28)(H,26,30)/t17-/m0/s1. The number of piperidine rings is 1. The number of carbonyl (C=O) groups excluding carboxylic acids is 3. The van der Waals surface area contributed by atoms with E-state index in [1.807, 2.05) is 0 Å². The van der Waals surface area contributed by atoms with Gasteiger partial charge in [-0.25, -0.2) is 14.4 Å². The van der Waals surface area contributed by atoms with E-state index in [0.717, 1.165) is 12.8 Å². The van der Waals surface area contributed by atoms with Gasteiger partial charge in [0.1, 0.15) is 5.82 Å². The summed E-state index contributed by atoms with van der Waals surface area (Å²) in [6.07, 6.45) is 4.02. The minimum atomic E-state index is -0.513. The molecule has 0 saturated carbocycles. The van der Waals surface area contributed by atoms with Crippen molar-refractivity contribution in [3.8, 4) is 0 Å². The Labute approximate surface area is 173 Å². The fourth-order valence-electron chi connectivity index (χ4n) is 3.47. The van der Waals surface area contributed by atoms with Crippen molar-refractivity contribution < 1.29 is 18.8 Å². The summed E-state index contributed by atoms with van der Waals surface area (Å²) in [5.41, 5.74) is 6.39. The van der Waals surface area contributed by atoms with Gasteiger partial charge in [0.25, 0.3) is 5.91 Å². The Morgan fingerprint density at radius 3 is 2.60 bits per heavy atom. The molecule has 30 heavy (non-hydrogen) atoms. The van der Waals surface area contributed by atoms with Crippen molar-refractivity contribution in [3.05, 3.63) is 53.4 Å². The molecule has 0 aliphatic carbocycles. The number of rotatable bonds is 6. The van der Waals surface area contributed by atoms with E-state index in [1.165, 1.54) is 30.5 Å². The Balaban J connectivity index is 1.75. The van der Waals surface area contributed by atoms with Crippen molar-refractivity contribution in [1.29, 1.82) is 0 Å². The van der Waals surface area contributed by atoms with Crippen LogP contribution in [0.2, 0.25) is 0 Å². The van der Waals surface area contributed by atoms with Gasteiger partial charge in [-0.2, -0.15) is 0 Å². The molecule has 1 aromatic heterocycles. The van der Waals surface area contributed by atoms with Crippen LogP contribution in [0, 0.1) is 12.7 Å². The molecule has 0 unspecified atom stereocenters. The number of aromatic nitrogens is 2. The van der Waals surface area contributed by atoms with Crippen LogP contribution >= 0.6 is 0 Å². The summed E-state index contributed by atoms with van der Waals surface area (Å²) in [4.78, 5) is 46.6. The van der Waals surface area contributed by atoms with E-state index < -0.39 is 11.8 Å². The lowest BCUT2D eigenvalue weighted by atomic mass is 10.00. The van der Waals surface area contributed by atoms with Crippen molar-refractivity contribution >= 4 is 23.4 Å². The molecule has 0 radical (unpaired) electrons. The van der Waals surface area contributed by atoms with Crippen molar-refractivity contribution in [2.75, 3.05) is 11.9 Å². The average molecular weight is 413 g/mol. The van der Waals surface area contributed by atoms with Crippen LogP contribution in [0.15, 0.2) is 30.5 Å². The predicted octanol–water partition coefficient (Wildman–Crippen LogP) is 2.50. The van der Waals surface area contributed by atoms with E-state index in [2.05, 4.69) is 15.3 Å². The Morgan fingerprint density at radius 2 is 1.93 bits per heavy atom. The van der Waals surface area contributed by atoms with Gasteiger partial charge in [-0.05, 0) is 50.5 Å². The molecule has 1 fully saturated rings. The predicted molar refractivity (Wildman–Crippen MR) is 108 cm³/mol. The van der Waals surface area contributed by atoms with Crippen molar-refractivity contribution in [3.63, 3.8) is 0 Å². The molecule has 1 aliphatic heterocycles. The monoisotopic (exact) mass is 413 g/mol. The molecule has 8 nitrogen and oxygen atoms in total. The third-order valence-corrected chi connectivity index (χ3v) is 5.05. The van der Waals surface area contributed by atoms with Gasteiger partial charge in [0.15, 0.2) is 5.82 Å². The second kappa shape index (κ2) is 9.43. The molecule has 1 aliphatic rings. The second-order valence-corrected chi connectivity index (χ2v) is 7.25. The molecular formula is C21H24FN5O3. The number of likely N-dealkylation sites (tertiary alicyclic amines) is 1. The maximum Gasteiger partial charge on any atom is 0.259 e. The summed E-state index contributed by atoms with van der Waals surface area (Å²) in [5, 5.41) is 2.69. The Morgan fingerprint density at radius 1 is 1.20 bits per heavy atom. The Kier molecular flexibility index (Phi) is 6.71. The number of anilines is 1. The molecule has 158 valence electrons. The highest BCUT2D eigenvalue weighted by Crippen LogP contribution is 2.30. The van der Waals surface area contributed by atoms with Crippen LogP contribution in [0.5, 0.6) is 0 Å². The third kappa shape index (κ3) is 5.16. The highest BCUT2D eigenvalue weighted by Gasteiger charge is 2.30. The summed E-state index contributed by atoms with van der Waals surface area (Å²) in [6.45, 7) is 2.27. The normalized spacial score (nSPS) is 16.2. The topological polar surface area (TPSA) is 118 Å². The number of amides is 3. The molecule has 3 N–H and O–H groups in total. The lowest BCUT2D eigenvalue weighted by molar-refractivity contribution is -0.136. The van der Waals surface area contributed by atoms with Gasteiger partial charge in [0.2, 0.25) is 11.8 Å². The Hall–Kier alpha value is -3.36. The smallest absolute Gasteiger partial charge is 0.259 e. The van der Waals surface area contributed by atoms with E-state index in [0.29, 0.717) is 35.7 Å². The van der Waals surface area contributed by atoms with E-state index in [-0.39, 0.29) is 30.6 Å².